The second-order valence-corrected chi connectivity index (χ2v) is 4.63. The third-order valence-corrected chi connectivity index (χ3v) is 3.18. The molecule has 0 aliphatic rings. The molecular weight excluding hydrogens is 290 g/mol. The molecule has 0 unspecified atom stereocenters. The van der Waals surface area contributed by atoms with Gasteiger partial charge >= 0.3 is 0 Å². The number of hydrogen-bond acceptors (Lipinski definition) is 6. The maximum atomic E-state index is 9.21. The first-order chi connectivity index (χ1) is 11.3. The van der Waals surface area contributed by atoms with E-state index in [1.165, 1.54) is 0 Å². The average Bonchev–Trinajstić information content (AvgIpc) is 2.62. The summed E-state index contributed by atoms with van der Waals surface area (Å²) in [6.45, 7) is 0. The summed E-state index contributed by atoms with van der Waals surface area (Å²) < 4.78 is 5.09. The number of anilines is 2. The Hall–Kier alpha value is -3.46. The molecule has 1 aromatic carbocycles. The first kappa shape index (κ1) is 14.5. The van der Waals surface area contributed by atoms with Crippen molar-refractivity contribution in [3.63, 3.8) is 0 Å². The van der Waals surface area contributed by atoms with Crippen molar-refractivity contribution in [2.45, 2.75) is 0 Å². The van der Waals surface area contributed by atoms with Crippen LogP contribution in [0.5, 0.6) is 5.88 Å². The lowest BCUT2D eigenvalue weighted by molar-refractivity contribution is 0.398. The van der Waals surface area contributed by atoms with Crippen LogP contribution >= 0.6 is 0 Å². The van der Waals surface area contributed by atoms with Crippen LogP contribution in [0.4, 0.5) is 11.6 Å². The van der Waals surface area contributed by atoms with Gasteiger partial charge in [-0.05, 0) is 18.2 Å². The molecule has 0 spiro atoms. The third kappa shape index (κ3) is 3.24. The van der Waals surface area contributed by atoms with Gasteiger partial charge in [-0.1, -0.05) is 18.2 Å². The van der Waals surface area contributed by atoms with E-state index in [-0.39, 0.29) is 0 Å². The fourth-order valence-electron chi connectivity index (χ4n) is 2.10. The van der Waals surface area contributed by atoms with E-state index < -0.39 is 0 Å². The van der Waals surface area contributed by atoms with Crippen LogP contribution in [0, 0.1) is 11.3 Å². The number of nitriles is 1. The number of hydrogen-bond donors (Lipinski definition) is 1. The van der Waals surface area contributed by atoms with Crippen molar-refractivity contribution in [3.05, 3.63) is 60.4 Å². The maximum absolute atomic E-state index is 9.21. The van der Waals surface area contributed by atoms with Crippen molar-refractivity contribution in [2.75, 3.05) is 12.4 Å². The van der Waals surface area contributed by atoms with Gasteiger partial charge in [-0.2, -0.15) is 5.26 Å². The van der Waals surface area contributed by atoms with E-state index in [9.17, 15) is 5.26 Å². The molecule has 0 atom stereocenters. The van der Waals surface area contributed by atoms with Crippen molar-refractivity contribution in [1.29, 1.82) is 5.26 Å². The number of methoxy groups -OCH3 is 1. The van der Waals surface area contributed by atoms with Crippen molar-refractivity contribution >= 4 is 11.6 Å². The highest BCUT2D eigenvalue weighted by Crippen LogP contribution is 2.23. The molecule has 3 aromatic rings. The van der Waals surface area contributed by atoms with E-state index in [1.807, 2.05) is 18.2 Å². The van der Waals surface area contributed by atoms with Crippen molar-refractivity contribution in [1.82, 2.24) is 15.0 Å². The fourth-order valence-corrected chi connectivity index (χ4v) is 2.10. The van der Waals surface area contributed by atoms with Gasteiger partial charge in [0.1, 0.15) is 0 Å². The maximum Gasteiger partial charge on any atom is 0.227 e. The molecule has 0 radical (unpaired) electrons. The number of aromatic nitrogens is 3. The largest absolute Gasteiger partial charge is 0.481 e. The number of benzene rings is 1. The molecule has 1 N–H and O–H groups in total. The van der Waals surface area contributed by atoms with E-state index >= 15 is 0 Å². The van der Waals surface area contributed by atoms with Gasteiger partial charge in [0.05, 0.1) is 24.4 Å². The van der Waals surface area contributed by atoms with Gasteiger partial charge in [0.2, 0.25) is 11.8 Å². The summed E-state index contributed by atoms with van der Waals surface area (Å²) in [5.74, 6) is 0.935. The summed E-state index contributed by atoms with van der Waals surface area (Å²) in [6.07, 6.45) is 3.28. The smallest absolute Gasteiger partial charge is 0.227 e. The molecule has 0 aliphatic heterocycles. The Kier molecular flexibility index (Phi) is 4.11. The summed E-state index contributed by atoms with van der Waals surface area (Å²) in [4.78, 5) is 12.7. The van der Waals surface area contributed by atoms with Gasteiger partial charge in [0.25, 0.3) is 0 Å². The first-order valence-electron chi connectivity index (χ1n) is 6.90. The molecule has 3 rings (SSSR count). The lowest BCUT2D eigenvalue weighted by Gasteiger charge is -2.08. The van der Waals surface area contributed by atoms with Crippen LogP contribution in [-0.4, -0.2) is 22.1 Å². The third-order valence-electron chi connectivity index (χ3n) is 3.18. The fraction of sp³-hybridized carbons (Fsp3) is 0.0588. The van der Waals surface area contributed by atoms with Crippen molar-refractivity contribution in [3.8, 4) is 23.2 Å². The minimum absolute atomic E-state index is 0.434. The molecule has 2 heterocycles. The Labute approximate surface area is 133 Å². The minimum Gasteiger partial charge on any atom is -0.481 e. The normalized spacial score (nSPS) is 9.91. The topological polar surface area (TPSA) is 83.7 Å². The predicted molar refractivity (Wildman–Crippen MR) is 86.3 cm³/mol. The van der Waals surface area contributed by atoms with Gasteiger partial charge in [-0.3, -0.25) is 0 Å². The highest BCUT2D eigenvalue weighted by molar-refractivity contribution is 5.68. The Morgan fingerprint density at radius 1 is 1.09 bits per heavy atom. The van der Waals surface area contributed by atoms with Gasteiger partial charge in [-0.25, -0.2) is 15.0 Å². The lowest BCUT2D eigenvalue weighted by Crippen LogP contribution is -1.99. The summed E-state index contributed by atoms with van der Waals surface area (Å²) in [5.41, 5.74) is 2.79. The van der Waals surface area contributed by atoms with Crippen molar-refractivity contribution < 1.29 is 4.74 Å². The first-order valence-corrected chi connectivity index (χ1v) is 6.90. The quantitative estimate of drug-likeness (QED) is 0.797. The number of nitrogens with one attached hydrogen (secondary N) is 1. The van der Waals surface area contributed by atoms with Crippen LogP contribution in [0.1, 0.15) is 5.56 Å². The average molecular weight is 303 g/mol. The van der Waals surface area contributed by atoms with E-state index in [4.69, 9.17) is 4.74 Å². The van der Waals surface area contributed by atoms with E-state index in [2.05, 4.69) is 26.3 Å². The van der Waals surface area contributed by atoms with Crippen LogP contribution in [0.3, 0.4) is 0 Å². The number of ether oxygens (including phenoxy) is 1. The van der Waals surface area contributed by atoms with Crippen LogP contribution in [0.15, 0.2) is 54.9 Å². The monoisotopic (exact) mass is 303 g/mol. The SMILES string of the molecule is COc1cc(Nc2nccc(-c3ccccc3C#N)n2)ccn1. The van der Waals surface area contributed by atoms with Crippen LogP contribution in [-0.2, 0) is 0 Å². The molecule has 0 saturated heterocycles. The summed E-state index contributed by atoms with van der Waals surface area (Å²) in [7, 11) is 1.56. The molecule has 6 nitrogen and oxygen atoms in total. The van der Waals surface area contributed by atoms with Gasteiger partial charge in [0.15, 0.2) is 0 Å². The summed E-state index contributed by atoms with van der Waals surface area (Å²) in [6, 6.07) is 14.8. The Bertz CT molecular complexity index is 873. The Morgan fingerprint density at radius 3 is 2.74 bits per heavy atom. The molecule has 0 amide bonds. The highest BCUT2D eigenvalue weighted by atomic mass is 16.5. The zero-order valence-electron chi connectivity index (χ0n) is 12.4. The molecule has 0 aliphatic carbocycles. The molecule has 2 aromatic heterocycles. The van der Waals surface area contributed by atoms with Gasteiger partial charge in [-0.15, -0.1) is 0 Å². The number of pyridine rings is 1. The van der Waals surface area contributed by atoms with Gasteiger partial charge in [0, 0.05) is 29.7 Å². The van der Waals surface area contributed by atoms with Crippen LogP contribution in [0.25, 0.3) is 11.3 Å². The van der Waals surface area contributed by atoms with Crippen LogP contribution in [0.2, 0.25) is 0 Å². The standard InChI is InChI=1S/C17H13N5O/c1-23-16-10-13(6-8-19-16)21-17-20-9-7-15(22-17)14-5-3-2-4-12(14)11-18/h2-10H,1H3,(H,19,20,21,22). The molecule has 6 heteroatoms. The Morgan fingerprint density at radius 2 is 1.91 bits per heavy atom. The zero-order valence-corrected chi connectivity index (χ0v) is 12.4. The number of nitrogens with zero attached hydrogens (tertiary/aromatic N) is 4. The molecular formula is C17H13N5O. The predicted octanol–water partition coefficient (Wildman–Crippen LogP) is 3.16. The summed E-state index contributed by atoms with van der Waals surface area (Å²) in [5, 5.41) is 12.3. The second-order valence-electron chi connectivity index (χ2n) is 4.63. The lowest BCUT2D eigenvalue weighted by atomic mass is 10.1. The van der Waals surface area contributed by atoms with E-state index in [0.717, 1.165) is 11.3 Å². The molecule has 0 fully saturated rings. The molecule has 23 heavy (non-hydrogen) atoms. The summed E-state index contributed by atoms with van der Waals surface area (Å²) >= 11 is 0. The molecule has 0 saturated carbocycles. The molecule has 112 valence electrons. The van der Waals surface area contributed by atoms with Crippen molar-refractivity contribution in [2.24, 2.45) is 0 Å². The minimum atomic E-state index is 0.434. The Balaban J connectivity index is 1.92. The second kappa shape index (κ2) is 6.54. The van der Waals surface area contributed by atoms with E-state index in [1.54, 1.807) is 43.8 Å². The number of rotatable bonds is 4. The van der Waals surface area contributed by atoms with Crippen LogP contribution < -0.4 is 10.1 Å². The van der Waals surface area contributed by atoms with E-state index in [0.29, 0.717) is 23.1 Å². The zero-order chi connectivity index (χ0) is 16.1. The van der Waals surface area contributed by atoms with Gasteiger partial charge < -0.3 is 10.1 Å². The molecule has 0 bridgehead atoms. The highest BCUT2D eigenvalue weighted by Gasteiger charge is 2.07.